The highest BCUT2D eigenvalue weighted by molar-refractivity contribution is 5.93. The molecule has 1 amide bonds. The molecular formula is C25H28FN7O3. The predicted molar refractivity (Wildman–Crippen MR) is 135 cm³/mol. The number of carbonyl (C=O) groups is 1. The Morgan fingerprint density at radius 3 is 2.92 bits per heavy atom. The lowest BCUT2D eigenvalue weighted by Crippen LogP contribution is -2.29. The Hall–Kier alpha value is -4.09. The van der Waals surface area contributed by atoms with Gasteiger partial charge in [0.2, 0.25) is 5.91 Å². The van der Waals surface area contributed by atoms with Crippen LogP contribution in [-0.2, 0) is 11.2 Å². The standard InChI is InChI=1S/C25H28FN7O3/c1-2-23(34)27-9-4-10-36-19-7-8-20-21(14-19)28-15-29-25(20)31-22-12-18(32-33-22)13-24(35)30-17-6-3-5-16(26)11-17/h3,5-8,11-12,14-15,23,27,34H,2,4,9-10,13H2,1H3,(H,30,35)(H2,28,29,31,32,33). The van der Waals surface area contributed by atoms with Crippen molar-refractivity contribution in [2.75, 3.05) is 23.8 Å². The number of halogens is 1. The largest absolute Gasteiger partial charge is 0.493 e. The van der Waals surface area contributed by atoms with Crippen molar-refractivity contribution in [1.29, 1.82) is 0 Å². The van der Waals surface area contributed by atoms with Gasteiger partial charge in [-0.25, -0.2) is 14.4 Å². The van der Waals surface area contributed by atoms with Gasteiger partial charge in [0, 0.05) is 35.4 Å². The van der Waals surface area contributed by atoms with Crippen molar-refractivity contribution < 1.29 is 19.0 Å². The van der Waals surface area contributed by atoms with E-state index in [4.69, 9.17) is 4.74 Å². The number of carbonyl (C=O) groups excluding carboxylic acids is 1. The molecule has 4 aromatic rings. The van der Waals surface area contributed by atoms with Crippen LogP contribution in [-0.4, -0.2) is 50.6 Å². The van der Waals surface area contributed by atoms with Crippen LogP contribution in [0.1, 0.15) is 25.5 Å². The van der Waals surface area contributed by atoms with Gasteiger partial charge < -0.3 is 20.5 Å². The number of benzene rings is 2. The van der Waals surface area contributed by atoms with Crippen molar-refractivity contribution >= 4 is 34.1 Å². The molecule has 0 aliphatic rings. The minimum absolute atomic E-state index is 0.0450. The number of ether oxygens (including phenoxy) is 1. The van der Waals surface area contributed by atoms with E-state index in [2.05, 4.69) is 36.1 Å². The van der Waals surface area contributed by atoms with Crippen molar-refractivity contribution in [3.8, 4) is 5.75 Å². The summed E-state index contributed by atoms with van der Waals surface area (Å²) >= 11 is 0. The molecule has 188 valence electrons. The Morgan fingerprint density at radius 2 is 2.08 bits per heavy atom. The van der Waals surface area contributed by atoms with E-state index < -0.39 is 12.0 Å². The highest BCUT2D eigenvalue weighted by Gasteiger charge is 2.11. The molecule has 0 saturated carbocycles. The molecular weight excluding hydrogens is 465 g/mol. The van der Waals surface area contributed by atoms with Crippen molar-refractivity contribution in [2.24, 2.45) is 0 Å². The van der Waals surface area contributed by atoms with Gasteiger partial charge in [0.05, 0.1) is 18.5 Å². The Balaban J connectivity index is 1.34. The summed E-state index contributed by atoms with van der Waals surface area (Å²) < 4.78 is 19.1. The molecule has 2 heterocycles. The summed E-state index contributed by atoms with van der Waals surface area (Å²) in [6, 6.07) is 13.0. The van der Waals surface area contributed by atoms with Crippen LogP contribution in [0.4, 0.5) is 21.7 Å². The maximum atomic E-state index is 13.3. The lowest BCUT2D eigenvalue weighted by atomic mass is 10.2. The number of H-pyrrole nitrogens is 1. The number of rotatable bonds is 12. The van der Waals surface area contributed by atoms with E-state index in [1.54, 1.807) is 12.1 Å². The quantitative estimate of drug-likeness (QED) is 0.149. The number of fused-ring (bicyclic) bond motifs is 1. The van der Waals surface area contributed by atoms with E-state index in [9.17, 15) is 14.3 Å². The second kappa shape index (κ2) is 12.0. The van der Waals surface area contributed by atoms with Crippen molar-refractivity contribution in [3.63, 3.8) is 0 Å². The third-order valence-electron chi connectivity index (χ3n) is 5.30. The molecule has 0 radical (unpaired) electrons. The summed E-state index contributed by atoms with van der Waals surface area (Å²) in [6.45, 7) is 3.08. The van der Waals surface area contributed by atoms with Gasteiger partial charge in [-0.15, -0.1) is 0 Å². The number of hydrogen-bond acceptors (Lipinski definition) is 8. The molecule has 11 heteroatoms. The highest BCUT2D eigenvalue weighted by Crippen LogP contribution is 2.26. The molecule has 0 spiro atoms. The maximum Gasteiger partial charge on any atom is 0.230 e. The number of nitrogens with one attached hydrogen (secondary N) is 4. The number of hydrogen-bond donors (Lipinski definition) is 5. The molecule has 2 aromatic carbocycles. The van der Waals surface area contributed by atoms with Crippen LogP contribution < -0.4 is 20.7 Å². The minimum Gasteiger partial charge on any atom is -0.493 e. The molecule has 1 atom stereocenters. The van der Waals surface area contributed by atoms with Gasteiger partial charge in [-0.05, 0) is 43.2 Å². The monoisotopic (exact) mass is 493 g/mol. The second-order valence-corrected chi connectivity index (χ2v) is 8.12. The van der Waals surface area contributed by atoms with Gasteiger partial charge in [-0.3, -0.25) is 15.2 Å². The van der Waals surface area contributed by atoms with Crippen molar-refractivity contribution in [2.45, 2.75) is 32.4 Å². The van der Waals surface area contributed by atoms with Crippen molar-refractivity contribution in [1.82, 2.24) is 25.5 Å². The number of anilines is 3. The summed E-state index contributed by atoms with van der Waals surface area (Å²) in [7, 11) is 0. The van der Waals surface area contributed by atoms with Gasteiger partial charge in [0.15, 0.2) is 5.82 Å². The van der Waals surface area contributed by atoms with Gasteiger partial charge in [0.1, 0.15) is 29.9 Å². The van der Waals surface area contributed by atoms with Crippen LogP contribution in [0.2, 0.25) is 0 Å². The van der Waals surface area contributed by atoms with Crippen LogP contribution in [0.5, 0.6) is 5.75 Å². The zero-order valence-corrected chi connectivity index (χ0v) is 19.8. The molecule has 0 aliphatic carbocycles. The normalized spacial score (nSPS) is 11.9. The zero-order chi connectivity index (χ0) is 25.3. The van der Waals surface area contributed by atoms with Crippen LogP contribution in [0.25, 0.3) is 10.9 Å². The molecule has 5 N–H and O–H groups in total. The smallest absolute Gasteiger partial charge is 0.230 e. The Bertz CT molecular complexity index is 1310. The molecule has 36 heavy (non-hydrogen) atoms. The van der Waals surface area contributed by atoms with E-state index in [-0.39, 0.29) is 12.3 Å². The number of aliphatic hydroxyl groups is 1. The number of aromatic amines is 1. The van der Waals surface area contributed by atoms with Crippen LogP contribution in [0, 0.1) is 5.82 Å². The summed E-state index contributed by atoms with van der Waals surface area (Å²) in [5.41, 5.74) is 1.68. The van der Waals surface area contributed by atoms with E-state index >= 15 is 0 Å². The Morgan fingerprint density at radius 1 is 1.19 bits per heavy atom. The molecule has 10 nitrogen and oxygen atoms in total. The van der Waals surface area contributed by atoms with E-state index in [0.29, 0.717) is 53.9 Å². The SMILES string of the molecule is CCC(O)NCCCOc1ccc2c(Nc3cc(CC(=O)Nc4cccc(F)c4)[nH]n3)ncnc2c1. The predicted octanol–water partition coefficient (Wildman–Crippen LogP) is 3.50. The van der Waals surface area contributed by atoms with Gasteiger partial charge >= 0.3 is 0 Å². The number of aliphatic hydroxyl groups excluding tert-OH is 1. The zero-order valence-electron chi connectivity index (χ0n) is 19.8. The summed E-state index contributed by atoms with van der Waals surface area (Å²) in [4.78, 5) is 20.9. The van der Waals surface area contributed by atoms with Crippen LogP contribution in [0.3, 0.4) is 0 Å². The minimum atomic E-state index is -0.490. The summed E-state index contributed by atoms with van der Waals surface area (Å²) in [5, 5.41) is 26.1. The lowest BCUT2D eigenvalue weighted by Gasteiger charge is -2.11. The molecule has 1 unspecified atom stereocenters. The van der Waals surface area contributed by atoms with Gasteiger partial charge in [0.25, 0.3) is 0 Å². The fraction of sp³-hybridized carbons (Fsp3) is 0.280. The first-order valence-electron chi connectivity index (χ1n) is 11.7. The average Bonchev–Trinajstić information content (AvgIpc) is 3.30. The first-order valence-corrected chi connectivity index (χ1v) is 11.7. The van der Waals surface area contributed by atoms with Crippen molar-refractivity contribution in [3.05, 3.63) is 66.4 Å². The molecule has 2 aromatic heterocycles. The lowest BCUT2D eigenvalue weighted by molar-refractivity contribution is -0.115. The topological polar surface area (TPSA) is 137 Å². The fourth-order valence-electron chi connectivity index (χ4n) is 3.48. The second-order valence-electron chi connectivity index (χ2n) is 8.12. The highest BCUT2D eigenvalue weighted by atomic mass is 19.1. The van der Waals surface area contributed by atoms with E-state index in [1.807, 2.05) is 25.1 Å². The third kappa shape index (κ3) is 6.96. The number of amides is 1. The van der Waals surface area contributed by atoms with Gasteiger partial charge in [-0.1, -0.05) is 13.0 Å². The van der Waals surface area contributed by atoms with Gasteiger partial charge in [-0.2, -0.15) is 5.10 Å². The summed E-state index contributed by atoms with van der Waals surface area (Å²) in [5.74, 6) is 1.02. The average molecular weight is 494 g/mol. The number of aromatic nitrogens is 4. The van der Waals surface area contributed by atoms with E-state index in [0.717, 1.165) is 11.8 Å². The molecule has 0 bridgehead atoms. The number of nitrogens with zero attached hydrogens (tertiary/aromatic N) is 3. The fourth-order valence-corrected chi connectivity index (χ4v) is 3.48. The van der Waals surface area contributed by atoms with Crippen LogP contribution >= 0.6 is 0 Å². The third-order valence-corrected chi connectivity index (χ3v) is 5.30. The first-order chi connectivity index (χ1) is 17.5. The van der Waals surface area contributed by atoms with E-state index in [1.165, 1.54) is 24.5 Å². The Kier molecular flexibility index (Phi) is 8.37. The first kappa shape index (κ1) is 25.0. The summed E-state index contributed by atoms with van der Waals surface area (Å²) in [6.07, 6.45) is 2.42. The molecule has 4 rings (SSSR count). The van der Waals surface area contributed by atoms with Crippen LogP contribution in [0.15, 0.2) is 54.9 Å². The molecule has 0 saturated heterocycles. The Labute approximate surface area is 207 Å². The maximum absolute atomic E-state index is 13.3. The molecule has 0 aliphatic heterocycles. The molecule has 0 fully saturated rings.